The molecule has 24 heavy (non-hydrogen) atoms. The number of carbonyl (C=O) groups is 1. The van der Waals surface area contributed by atoms with Crippen LogP contribution in [-0.2, 0) is 4.79 Å². The zero-order valence-electron chi connectivity index (χ0n) is 15.4. The molecule has 5 nitrogen and oxygen atoms in total. The Bertz CT molecular complexity index is 421. The number of nitrogens with zero attached hydrogens (tertiary/aromatic N) is 2. The number of guanidine groups is 1. The molecule has 1 atom stereocenters. The first-order valence-electron chi connectivity index (χ1n) is 9.57. The highest BCUT2D eigenvalue weighted by Gasteiger charge is 2.29. The van der Waals surface area contributed by atoms with Crippen LogP contribution in [0.1, 0.15) is 58.8 Å². The summed E-state index contributed by atoms with van der Waals surface area (Å²) in [6.45, 7) is 8.82. The van der Waals surface area contributed by atoms with Gasteiger partial charge in [0.15, 0.2) is 5.96 Å². The first-order chi connectivity index (χ1) is 11.6. The minimum atomic E-state index is 0.306. The van der Waals surface area contributed by atoms with Crippen LogP contribution in [0.5, 0.6) is 0 Å². The van der Waals surface area contributed by atoms with Gasteiger partial charge in [0.25, 0.3) is 0 Å². The summed E-state index contributed by atoms with van der Waals surface area (Å²) in [5.74, 6) is 2.51. The lowest BCUT2D eigenvalue weighted by atomic mass is 10.1. The van der Waals surface area contributed by atoms with Crippen LogP contribution in [0.2, 0.25) is 0 Å². The van der Waals surface area contributed by atoms with Crippen LogP contribution >= 0.6 is 11.8 Å². The molecule has 0 aromatic carbocycles. The number of rotatable bonds is 7. The van der Waals surface area contributed by atoms with Gasteiger partial charge in [0.05, 0.1) is 6.54 Å². The van der Waals surface area contributed by atoms with Crippen molar-refractivity contribution in [2.45, 2.75) is 63.5 Å². The van der Waals surface area contributed by atoms with Gasteiger partial charge in [-0.15, -0.1) is 0 Å². The fraction of sp³-hybridized carbons (Fsp3) is 0.889. The van der Waals surface area contributed by atoms with Crippen molar-refractivity contribution >= 4 is 23.6 Å². The number of nitrogens with one attached hydrogen (secondary N) is 2. The minimum absolute atomic E-state index is 0.306. The summed E-state index contributed by atoms with van der Waals surface area (Å²) in [4.78, 5) is 18.8. The van der Waals surface area contributed by atoms with Gasteiger partial charge in [-0.2, -0.15) is 11.8 Å². The van der Waals surface area contributed by atoms with Crippen LogP contribution in [-0.4, -0.2) is 60.0 Å². The van der Waals surface area contributed by atoms with E-state index in [2.05, 4.69) is 24.5 Å². The summed E-state index contributed by atoms with van der Waals surface area (Å²) in [6, 6.07) is 0. The smallest absolute Gasteiger partial charge is 0.222 e. The van der Waals surface area contributed by atoms with Crippen LogP contribution < -0.4 is 10.6 Å². The van der Waals surface area contributed by atoms with Gasteiger partial charge in [-0.05, 0) is 51.7 Å². The van der Waals surface area contributed by atoms with Gasteiger partial charge < -0.3 is 15.5 Å². The zero-order valence-corrected chi connectivity index (χ0v) is 16.2. The Morgan fingerprint density at radius 1 is 1.29 bits per heavy atom. The van der Waals surface area contributed by atoms with E-state index >= 15 is 0 Å². The highest BCUT2D eigenvalue weighted by Crippen LogP contribution is 2.37. The van der Waals surface area contributed by atoms with Crippen LogP contribution in [0, 0.1) is 0 Å². The molecule has 0 radical (unpaired) electrons. The van der Waals surface area contributed by atoms with Crippen molar-refractivity contribution in [3.05, 3.63) is 0 Å². The van der Waals surface area contributed by atoms with Crippen molar-refractivity contribution in [2.24, 2.45) is 4.99 Å². The minimum Gasteiger partial charge on any atom is -0.357 e. The molecule has 2 rings (SSSR count). The molecule has 1 amide bonds. The quantitative estimate of drug-likeness (QED) is 0.419. The van der Waals surface area contributed by atoms with E-state index in [1.54, 1.807) is 0 Å². The highest BCUT2D eigenvalue weighted by molar-refractivity contribution is 8.00. The van der Waals surface area contributed by atoms with Crippen LogP contribution in [0.3, 0.4) is 0 Å². The Hall–Kier alpha value is -0.910. The fourth-order valence-corrected chi connectivity index (χ4v) is 4.53. The van der Waals surface area contributed by atoms with E-state index in [1.807, 2.05) is 16.7 Å². The number of carbonyl (C=O) groups excluding carboxylic acids is 1. The Labute approximate surface area is 151 Å². The Morgan fingerprint density at radius 2 is 2.17 bits per heavy atom. The lowest BCUT2D eigenvalue weighted by Crippen LogP contribution is -2.40. The third kappa shape index (κ3) is 6.54. The van der Waals surface area contributed by atoms with E-state index < -0.39 is 0 Å². The summed E-state index contributed by atoms with van der Waals surface area (Å²) in [5.41, 5.74) is 0. The molecule has 138 valence electrons. The lowest BCUT2D eigenvalue weighted by Gasteiger charge is -2.22. The molecule has 2 saturated heterocycles. The van der Waals surface area contributed by atoms with E-state index in [0.29, 0.717) is 10.7 Å². The zero-order chi connectivity index (χ0) is 17.3. The topological polar surface area (TPSA) is 56.7 Å². The first kappa shape index (κ1) is 19.4. The van der Waals surface area contributed by atoms with Crippen molar-refractivity contribution in [1.82, 2.24) is 15.5 Å². The summed E-state index contributed by atoms with van der Waals surface area (Å²) >= 11 is 2.05. The van der Waals surface area contributed by atoms with E-state index in [9.17, 15) is 4.79 Å². The molecule has 2 aliphatic heterocycles. The van der Waals surface area contributed by atoms with Gasteiger partial charge >= 0.3 is 0 Å². The van der Waals surface area contributed by atoms with E-state index in [0.717, 1.165) is 64.4 Å². The summed E-state index contributed by atoms with van der Waals surface area (Å²) in [5, 5.41) is 6.75. The molecule has 0 aliphatic carbocycles. The van der Waals surface area contributed by atoms with Crippen LogP contribution in [0.25, 0.3) is 0 Å². The third-order valence-electron chi connectivity index (χ3n) is 4.78. The molecule has 0 spiro atoms. The van der Waals surface area contributed by atoms with Crippen molar-refractivity contribution in [3.63, 3.8) is 0 Å². The summed E-state index contributed by atoms with van der Waals surface area (Å²) in [6.07, 6.45) is 7.67. The van der Waals surface area contributed by atoms with Gasteiger partial charge in [-0.3, -0.25) is 9.79 Å². The number of hydrogen-bond acceptors (Lipinski definition) is 3. The Balaban J connectivity index is 1.71. The first-order valence-corrected chi connectivity index (χ1v) is 10.6. The standard InChI is InChI=1S/C18H34N4OS/c1-3-19-17(21-15-18(2)10-7-14-24-18)20-11-8-13-22-12-6-4-5-9-16(22)23/h3-15H2,1-2H3,(H2,19,20,21). The lowest BCUT2D eigenvalue weighted by molar-refractivity contribution is -0.130. The van der Waals surface area contributed by atoms with Crippen molar-refractivity contribution < 1.29 is 4.79 Å². The largest absolute Gasteiger partial charge is 0.357 e. The molecular formula is C18H34N4OS. The SMILES string of the molecule is CCNC(=NCC1(C)CCCS1)NCCCN1CCCCCC1=O. The Morgan fingerprint density at radius 3 is 2.92 bits per heavy atom. The third-order valence-corrected chi connectivity index (χ3v) is 6.31. The Kier molecular flexibility index (Phi) is 8.22. The number of amides is 1. The van der Waals surface area contributed by atoms with Gasteiger partial charge in [0, 0.05) is 37.3 Å². The fourth-order valence-electron chi connectivity index (χ4n) is 3.30. The highest BCUT2D eigenvalue weighted by atomic mass is 32.2. The average Bonchev–Trinajstić information content (AvgIpc) is 2.90. The predicted octanol–water partition coefficient (Wildman–Crippen LogP) is 2.62. The second-order valence-electron chi connectivity index (χ2n) is 7.07. The monoisotopic (exact) mass is 354 g/mol. The van der Waals surface area contributed by atoms with Crippen molar-refractivity contribution in [3.8, 4) is 0 Å². The molecule has 6 heteroatoms. The van der Waals surface area contributed by atoms with Gasteiger partial charge in [0.2, 0.25) is 5.91 Å². The second kappa shape index (κ2) is 10.2. The maximum atomic E-state index is 12.0. The van der Waals surface area contributed by atoms with Crippen molar-refractivity contribution in [1.29, 1.82) is 0 Å². The number of likely N-dealkylation sites (tertiary alicyclic amines) is 1. The van der Waals surface area contributed by atoms with Gasteiger partial charge in [-0.25, -0.2) is 0 Å². The van der Waals surface area contributed by atoms with E-state index in [-0.39, 0.29) is 0 Å². The van der Waals surface area contributed by atoms with Gasteiger partial charge in [-0.1, -0.05) is 6.42 Å². The molecule has 0 aromatic rings. The molecule has 0 saturated carbocycles. The van der Waals surface area contributed by atoms with Crippen molar-refractivity contribution in [2.75, 3.05) is 38.5 Å². The van der Waals surface area contributed by atoms with E-state index in [1.165, 1.54) is 25.0 Å². The molecule has 0 aromatic heterocycles. The summed E-state index contributed by atoms with van der Waals surface area (Å²) in [7, 11) is 0. The molecule has 1 unspecified atom stereocenters. The maximum Gasteiger partial charge on any atom is 0.222 e. The molecule has 2 fully saturated rings. The normalized spacial score (nSPS) is 25.7. The van der Waals surface area contributed by atoms with E-state index in [4.69, 9.17) is 4.99 Å². The molecule has 0 bridgehead atoms. The number of aliphatic imine (C=N–C) groups is 1. The second-order valence-corrected chi connectivity index (χ2v) is 8.75. The van der Waals surface area contributed by atoms with Gasteiger partial charge in [0.1, 0.15) is 0 Å². The predicted molar refractivity (Wildman–Crippen MR) is 104 cm³/mol. The molecule has 2 heterocycles. The number of hydrogen-bond donors (Lipinski definition) is 2. The molecule has 2 aliphatic rings. The maximum absolute atomic E-state index is 12.0. The molecule has 2 N–H and O–H groups in total. The van der Waals surface area contributed by atoms with Crippen LogP contribution in [0.15, 0.2) is 4.99 Å². The molecular weight excluding hydrogens is 320 g/mol. The average molecular weight is 355 g/mol. The number of thioether (sulfide) groups is 1. The van der Waals surface area contributed by atoms with Crippen LogP contribution in [0.4, 0.5) is 0 Å². The summed E-state index contributed by atoms with van der Waals surface area (Å²) < 4.78 is 0.306.